The summed E-state index contributed by atoms with van der Waals surface area (Å²) in [7, 11) is 0. The molecule has 0 N–H and O–H groups in total. The molecule has 6 heteroatoms. The Morgan fingerprint density at radius 1 is 0.947 bits per heavy atom. The molecule has 2 saturated carbocycles. The van der Waals surface area contributed by atoms with Gasteiger partial charge in [-0.2, -0.15) is 0 Å². The number of pyridine rings is 1. The van der Waals surface area contributed by atoms with Crippen molar-refractivity contribution in [1.29, 1.82) is 0 Å². The summed E-state index contributed by atoms with van der Waals surface area (Å²) < 4.78 is 27.6. The lowest BCUT2D eigenvalue weighted by Gasteiger charge is -2.54. The first-order valence-corrected chi connectivity index (χ1v) is 14.4. The molecule has 1 aromatic carbocycles. The van der Waals surface area contributed by atoms with Crippen LogP contribution < -0.4 is 0 Å². The van der Waals surface area contributed by atoms with E-state index in [1.54, 1.807) is 6.07 Å². The molecular formula is C32H38FN3O2. The van der Waals surface area contributed by atoms with Crippen molar-refractivity contribution in [3.8, 4) is 22.6 Å². The van der Waals surface area contributed by atoms with E-state index in [4.69, 9.17) is 19.4 Å². The van der Waals surface area contributed by atoms with Gasteiger partial charge in [-0.25, -0.2) is 14.4 Å². The monoisotopic (exact) mass is 515 g/mol. The first kappa shape index (κ1) is 25.6. The van der Waals surface area contributed by atoms with Gasteiger partial charge in [0, 0.05) is 46.8 Å². The largest absolute Gasteiger partial charge is 0.347 e. The Morgan fingerprint density at radius 3 is 2.45 bits per heavy atom. The number of benzene rings is 1. The van der Waals surface area contributed by atoms with Crippen molar-refractivity contribution in [2.75, 3.05) is 13.2 Å². The van der Waals surface area contributed by atoms with Gasteiger partial charge >= 0.3 is 0 Å². The molecule has 0 unspecified atom stereocenters. The summed E-state index contributed by atoms with van der Waals surface area (Å²) in [6.07, 6.45) is 9.71. The van der Waals surface area contributed by atoms with E-state index in [2.05, 4.69) is 18.8 Å². The third-order valence-electron chi connectivity index (χ3n) is 9.38. The number of hydrogen-bond donors (Lipinski definition) is 0. The fraction of sp³-hybridized carbons (Fsp3) is 0.531. The van der Waals surface area contributed by atoms with Gasteiger partial charge in [0.1, 0.15) is 5.82 Å². The predicted octanol–water partition coefficient (Wildman–Crippen LogP) is 7.24. The molecule has 7 rings (SSSR count). The smallest absolute Gasteiger partial charge is 0.171 e. The maximum absolute atomic E-state index is 15.2. The summed E-state index contributed by atoms with van der Waals surface area (Å²) >= 11 is 0. The minimum atomic E-state index is -0.476. The number of nitrogens with zero attached hydrogens (tertiary/aromatic N) is 3. The SMILES string of the molecule is CC.C[C@@H]1[C@H]2CCc3c(-c4ccccc4F)nc(-c4ccncc4C4CC4)nc3[C@]2(C)CCC12OCCO2. The zero-order valence-electron chi connectivity index (χ0n) is 23.0. The third-order valence-corrected chi connectivity index (χ3v) is 9.38. The van der Waals surface area contributed by atoms with E-state index in [9.17, 15) is 0 Å². The fourth-order valence-corrected chi connectivity index (χ4v) is 7.27. The molecular weight excluding hydrogens is 477 g/mol. The van der Waals surface area contributed by atoms with Crippen LogP contribution in [0.25, 0.3) is 22.6 Å². The van der Waals surface area contributed by atoms with E-state index in [0.717, 1.165) is 48.2 Å². The fourth-order valence-electron chi connectivity index (χ4n) is 7.27. The second kappa shape index (κ2) is 9.80. The topological polar surface area (TPSA) is 57.1 Å². The van der Waals surface area contributed by atoms with Crippen LogP contribution in [0.1, 0.15) is 82.5 Å². The molecule has 3 aliphatic carbocycles. The molecule has 3 fully saturated rings. The van der Waals surface area contributed by atoms with Gasteiger partial charge < -0.3 is 9.47 Å². The van der Waals surface area contributed by atoms with Crippen LogP contribution in [0.2, 0.25) is 0 Å². The molecule has 4 aliphatic rings. The highest BCUT2D eigenvalue weighted by Gasteiger charge is 2.58. The van der Waals surface area contributed by atoms with Crippen molar-refractivity contribution in [3.05, 3.63) is 65.4 Å². The van der Waals surface area contributed by atoms with Crippen LogP contribution >= 0.6 is 0 Å². The second-order valence-electron chi connectivity index (χ2n) is 11.3. The summed E-state index contributed by atoms with van der Waals surface area (Å²) in [5, 5.41) is 0. The number of aromatic nitrogens is 3. The molecule has 3 heterocycles. The molecule has 0 radical (unpaired) electrons. The second-order valence-corrected chi connectivity index (χ2v) is 11.3. The Kier molecular flexibility index (Phi) is 6.59. The van der Waals surface area contributed by atoms with Crippen LogP contribution in [0, 0.1) is 17.7 Å². The predicted molar refractivity (Wildman–Crippen MR) is 146 cm³/mol. The molecule has 3 atom stereocenters. The lowest BCUT2D eigenvalue weighted by atomic mass is 9.54. The summed E-state index contributed by atoms with van der Waals surface area (Å²) in [5.74, 6) is 1.12. The van der Waals surface area contributed by atoms with Crippen molar-refractivity contribution in [2.45, 2.75) is 83.3 Å². The Bertz CT molecular complexity index is 1330. The first-order chi connectivity index (χ1) is 18.5. The molecule has 38 heavy (non-hydrogen) atoms. The molecule has 2 aromatic heterocycles. The van der Waals surface area contributed by atoms with Gasteiger partial charge in [-0.3, -0.25) is 4.98 Å². The highest BCUT2D eigenvalue weighted by Crippen LogP contribution is 2.57. The van der Waals surface area contributed by atoms with Crippen LogP contribution in [0.3, 0.4) is 0 Å². The van der Waals surface area contributed by atoms with Crippen molar-refractivity contribution in [2.24, 2.45) is 11.8 Å². The highest BCUT2D eigenvalue weighted by atomic mass is 19.1. The summed E-state index contributed by atoms with van der Waals surface area (Å²) in [6.45, 7) is 9.97. The highest BCUT2D eigenvalue weighted by molar-refractivity contribution is 5.71. The van der Waals surface area contributed by atoms with Crippen LogP contribution in [0.15, 0.2) is 42.7 Å². The van der Waals surface area contributed by atoms with Gasteiger partial charge in [0.2, 0.25) is 0 Å². The van der Waals surface area contributed by atoms with Crippen LogP contribution in [-0.4, -0.2) is 34.0 Å². The minimum Gasteiger partial charge on any atom is -0.347 e. The molecule has 200 valence electrons. The summed E-state index contributed by atoms with van der Waals surface area (Å²) in [6, 6.07) is 9.04. The third kappa shape index (κ3) is 3.99. The van der Waals surface area contributed by atoms with Crippen molar-refractivity contribution >= 4 is 0 Å². The zero-order valence-corrected chi connectivity index (χ0v) is 23.0. The molecule has 1 saturated heterocycles. The quantitative estimate of drug-likeness (QED) is 0.368. The maximum Gasteiger partial charge on any atom is 0.171 e. The van der Waals surface area contributed by atoms with E-state index in [1.807, 2.05) is 44.4 Å². The van der Waals surface area contributed by atoms with E-state index < -0.39 is 5.79 Å². The van der Waals surface area contributed by atoms with E-state index in [0.29, 0.717) is 36.4 Å². The van der Waals surface area contributed by atoms with Gasteiger partial charge in [-0.05, 0) is 67.7 Å². The lowest BCUT2D eigenvalue weighted by Crippen LogP contribution is -2.55. The average molecular weight is 516 g/mol. The van der Waals surface area contributed by atoms with Gasteiger partial charge in [0.25, 0.3) is 0 Å². The van der Waals surface area contributed by atoms with Crippen LogP contribution in [0.5, 0.6) is 0 Å². The van der Waals surface area contributed by atoms with E-state index in [1.165, 1.54) is 24.5 Å². The number of halogens is 1. The van der Waals surface area contributed by atoms with Crippen molar-refractivity contribution in [3.63, 3.8) is 0 Å². The van der Waals surface area contributed by atoms with Gasteiger partial charge in [0.15, 0.2) is 11.6 Å². The Labute approximate surface area is 225 Å². The normalized spacial score (nSPS) is 27.3. The van der Waals surface area contributed by atoms with Crippen LogP contribution in [0.4, 0.5) is 4.39 Å². The molecule has 1 spiro atoms. The molecule has 5 nitrogen and oxygen atoms in total. The Morgan fingerprint density at radius 2 is 1.71 bits per heavy atom. The van der Waals surface area contributed by atoms with Gasteiger partial charge in [-0.1, -0.05) is 39.8 Å². The minimum absolute atomic E-state index is 0.155. The van der Waals surface area contributed by atoms with Crippen LogP contribution in [-0.2, 0) is 21.3 Å². The maximum atomic E-state index is 15.2. The van der Waals surface area contributed by atoms with Gasteiger partial charge in [0.05, 0.1) is 24.6 Å². The molecule has 0 amide bonds. The molecule has 0 bridgehead atoms. The van der Waals surface area contributed by atoms with Gasteiger partial charge in [-0.15, -0.1) is 0 Å². The Hall–Kier alpha value is -2.70. The van der Waals surface area contributed by atoms with E-state index >= 15 is 4.39 Å². The number of fused-ring (bicyclic) bond motifs is 3. The summed E-state index contributed by atoms with van der Waals surface area (Å²) in [5.41, 5.74) is 5.57. The van der Waals surface area contributed by atoms with E-state index in [-0.39, 0.29) is 17.2 Å². The zero-order chi connectivity index (χ0) is 26.5. The number of rotatable bonds is 3. The standard InChI is InChI=1S/C30H32FN3O2.C2H6/c1-18-24-10-9-22-26(21-5-3-4-6-25(21)31)33-28(20-11-14-32-17-23(20)19-7-8-19)34-27(22)29(24,2)12-13-30(18)35-15-16-36-30;1-2/h3-6,11,14,17-19,24H,7-10,12-13,15-16H2,1-2H3;1-2H3/t18-,24-,29-;/m1./s1. The Balaban J connectivity index is 0.00000129. The van der Waals surface area contributed by atoms with Crippen molar-refractivity contribution in [1.82, 2.24) is 15.0 Å². The molecule has 1 aliphatic heterocycles. The lowest BCUT2D eigenvalue weighted by molar-refractivity contribution is -0.234. The van der Waals surface area contributed by atoms with Crippen molar-refractivity contribution < 1.29 is 13.9 Å². The summed E-state index contributed by atoms with van der Waals surface area (Å²) in [4.78, 5) is 14.8. The number of hydrogen-bond acceptors (Lipinski definition) is 5. The molecule has 3 aromatic rings. The number of ether oxygens (including phenoxy) is 2. The first-order valence-electron chi connectivity index (χ1n) is 14.4. The average Bonchev–Trinajstić information content (AvgIpc) is 3.69.